The van der Waals surface area contributed by atoms with E-state index in [4.69, 9.17) is 14.9 Å². The van der Waals surface area contributed by atoms with Crippen molar-refractivity contribution in [2.75, 3.05) is 13.2 Å². The normalized spacial score (nSPS) is 13.3. The van der Waals surface area contributed by atoms with E-state index in [0.29, 0.717) is 12.8 Å². The highest BCUT2D eigenvalue weighted by Crippen LogP contribution is 2.15. The van der Waals surface area contributed by atoms with Gasteiger partial charge in [-0.05, 0) is 96.0 Å². The third-order valence-corrected chi connectivity index (χ3v) is 9.11. The molecule has 0 saturated carbocycles. The second-order valence-corrected chi connectivity index (χ2v) is 14.4. The van der Waals surface area contributed by atoms with Gasteiger partial charge in [-0.1, -0.05) is 144 Å². The van der Waals surface area contributed by atoms with Crippen molar-refractivity contribution in [3.63, 3.8) is 0 Å². The highest BCUT2D eigenvalue weighted by atomic mass is 16.5. The minimum absolute atomic E-state index is 0.128. The number of aliphatic hydroxyl groups is 1. The standard InChI is InChI=1S/C48H78N2O7/c1-3-5-7-9-11-13-14-15-16-17-18-19-20-21-22-24-26-32-36-40-47(54)57-43(37-33-29-25-23-12-10-8-6-4-2)38-34-30-27-28-31-35-39-45(52)49-41-46(53)50-44(42-51)48(55)56/h5,7,11,13,15-16,18-19,21-23,25,33,37,43-44,51H,3-4,6,8-10,12,14,17,20,24,26-32,34-36,38-42H2,1-2H3,(H,49,52)(H,50,53)(H,55,56)/b7-5-,13-11-,16-15-,19-18-,22-21-,25-23-,37-33-. The van der Waals surface area contributed by atoms with Crippen LogP contribution in [0.5, 0.6) is 0 Å². The van der Waals surface area contributed by atoms with Crippen LogP contribution in [-0.4, -0.2) is 59.3 Å². The number of carboxylic acid groups (broad SMARTS) is 1. The Hall–Kier alpha value is -3.98. The number of aliphatic hydroxyl groups excluding tert-OH is 1. The quantitative estimate of drug-likeness (QED) is 0.0277. The molecule has 9 heteroatoms. The summed E-state index contributed by atoms with van der Waals surface area (Å²) in [7, 11) is 0. The maximum atomic E-state index is 12.7. The summed E-state index contributed by atoms with van der Waals surface area (Å²) in [6, 6.07) is -1.39. The van der Waals surface area contributed by atoms with Gasteiger partial charge in [-0.15, -0.1) is 0 Å². The number of carbonyl (C=O) groups is 4. The van der Waals surface area contributed by atoms with Crippen molar-refractivity contribution in [3.05, 3.63) is 85.1 Å². The highest BCUT2D eigenvalue weighted by Gasteiger charge is 2.18. The van der Waals surface area contributed by atoms with Gasteiger partial charge in [0.2, 0.25) is 11.8 Å². The van der Waals surface area contributed by atoms with Gasteiger partial charge in [0.1, 0.15) is 12.1 Å². The highest BCUT2D eigenvalue weighted by molar-refractivity contribution is 5.87. The molecule has 0 spiro atoms. The summed E-state index contributed by atoms with van der Waals surface area (Å²) in [6.45, 7) is 3.32. The molecule has 0 rings (SSSR count). The van der Waals surface area contributed by atoms with Crippen molar-refractivity contribution >= 4 is 23.8 Å². The Kier molecular flexibility index (Phi) is 38.7. The van der Waals surface area contributed by atoms with Crippen molar-refractivity contribution in [2.45, 2.75) is 180 Å². The Bertz CT molecular complexity index is 1230. The summed E-state index contributed by atoms with van der Waals surface area (Å²) < 4.78 is 5.91. The fourth-order valence-electron chi connectivity index (χ4n) is 5.75. The van der Waals surface area contributed by atoms with E-state index >= 15 is 0 Å². The van der Waals surface area contributed by atoms with Crippen molar-refractivity contribution in [2.24, 2.45) is 0 Å². The van der Waals surface area contributed by atoms with E-state index in [2.05, 4.69) is 103 Å². The van der Waals surface area contributed by atoms with E-state index in [1.165, 1.54) is 25.7 Å². The first-order valence-corrected chi connectivity index (χ1v) is 22.0. The number of amides is 2. The molecular formula is C48H78N2O7. The molecule has 0 radical (unpaired) electrons. The van der Waals surface area contributed by atoms with Gasteiger partial charge in [0.15, 0.2) is 0 Å². The third-order valence-electron chi connectivity index (χ3n) is 9.11. The fourth-order valence-corrected chi connectivity index (χ4v) is 5.75. The molecule has 57 heavy (non-hydrogen) atoms. The van der Waals surface area contributed by atoms with Crippen LogP contribution >= 0.6 is 0 Å². The molecule has 4 N–H and O–H groups in total. The third kappa shape index (κ3) is 38.7. The van der Waals surface area contributed by atoms with Gasteiger partial charge in [-0.25, -0.2) is 4.79 Å². The number of rotatable bonds is 38. The SMILES string of the molecule is CC/C=C\C/C=C\C/C=C\C/C=C\C/C=C\CCCCCC(=O)OC(/C=C\C/C=C\CCCCCC)CCCCCCCCC(=O)NCC(=O)NC(CO)C(=O)O. The Labute approximate surface area is 346 Å². The topological polar surface area (TPSA) is 142 Å². The average Bonchev–Trinajstić information content (AvgIpc) is 3.20. The lowest BCUT2D eigenvalue weighted by Crippen LogP contribution is -2.47. The summed E-state index contributed by atoms with van der Waals surface area (Å²) >= 11 is 0. The molecular weight excluding hydrogens is 717 g/mol. The van der Waals surface area contributed by atoms with Crippen molar-refractivity contribution in [3.8, 4) is 0 Å². The van der Waals surface area contributed by atoms with Gasteiger partial charge >= 0.3 is 11.9 Å². The van der Waals surface area contributed by atoms with E-state index in [1.807, 2.05) is 6.08 Å². The first kappa shape index (κ1) is 53.0. The Morgan fingerprint density at radius 2 is 1.05 bits per heavy atom. The first-order chi connectivity index (χ1) is 27.8. The summed E-state index contributed by atoms with van der Waals surface area (Å²) in [5.41, 5.74) is 0. The zero-order chi connectivity index (χ0) is 41.9. The van der Waals surface area contributed by atoms with E-state index in [9.17, 15) is 19.2 Å². The maximum Gasteiger partial charge on any atom is 0.328 e. The first-order valence-electron chi connectivity index (χ1n) is 22.0. The molecule has 2 amide bonds. The van der Waals surface area contributed by atoms with E-state index in [1.54, 1.807) is 0 Å². The second-order valence-electron chi connectivity index (χ2n) is 14.4. The molecule has 9 nitrogen and oxygen atoms in total. The molecule has 2 atom stereocenters. The molecule has 0 aromatic carbocycles. The summed E-state index contributed by atoms with van der Waals surface area (Å²) in [5.74, 6) is -2.40. The minimum atomic E-state index is -1.39. The smallest absolute Gasteiger partial charge is 0.328 e. The van der Waals surface area contributed by atoms with Gasteiger partial charge in [0.05, 0.1) is 13.2 Å². The largest absolute Gasteiger partial charge is 0.480 e. The number of aliphatic carboxylic acids is 1. The van der Waals surface area contributed by atoms with E-state index in [-0.39, 0.29) is 30.9 Å². The fraction of sp³-hybridized carbons (Fsp3) is 0.625. The lowest BCUT2D eigenvalue weighted by Gasteiger charge is -2.14. The molecule has 0 bridgehead atoms. The Balaban J connectivity index is 4.36. The van der Waals surface area contributed by atoms with Crippen LogP contribution in [0, 0.1) is 0 Å². The number of carboxylic acids is 1. The molecule has 0 aliphatic rings. The van der Waals surface area contributed by atoms with Gasteiger partial charge in [0, 0.05) is 12.8 Å². The number of esters is 1. The number of allylic oxidation sites excluding steroid dienone is 13. The summed E-state index contributed by atoms with van der Waals surface area (Å²) in [4.78, 5) is 47.4. The zero-order valence-corrected chi connectivity index (χ0v) is 35.6. The number of ether oxygens (including phenoxy) is 1. The van der Waals surface area contributed by atoms with Crippen LogP contribution in [0.1, 0.15) is 168 Å². The maximum absolute atomic E-state index is 12.7. The second kappa shape index (κ2) is 41.6. The monoisotopic (exact) mass is 795 g/mol. The van der Waals surface area contributed by atoms with Crippen molar-refractivity contribution in [1.29, 1.82) is 0 Å². The van der Waals surface area contributed by atoms with Crippen LogP contribution in [0.25, 0.3) is 0 Å². The van der Waals surface area contributed by atoms with Gasteiger partial charge in [-0.2, -0.15) is 0 Å². The van der Waals surface area contributed by atoms with E-state index < -0.39 is 24.5 Å². The molecule has 2 unspecified atom stereocenters. The van der Waals surface area contributed by atoms with Crippen molar-refractivity contribution < 1.29 is 34.1 Å². The van der Waals surface area contributed by atoms with Crippen LogP contribution in [0.2, 0.25) is 0 Å². The molecule has 0 aromatic rings. The Morgan fingerprint density at radius 3 is 1.61 bits per heavy atom. The lowest BCUT2D eigenvalue weighted by molar-refractivity contribution is -0.147. The van der Waals surface area contributed by atoms with Crippen LogP contribution in [0.4, 0.5) is 0 Å². The molecule has 0 heterocycles. The predicted molar refractivity (Wildman–Crippen MR) is 236 cm³/mol. The van der Waals surface area contributed by atoms with Crippen LogP contribution < -0.4 is 10.6 Å². The van der Waals surface area contributed by atoms with Crippen molar-refractivity contribution in [1.82, 2.24) is 10.6 Å². The molecule has 0 aliphatic heterocycles. The Morgan fingerprint density at radius 1 is 0.561 bits per heavy atom. The van der Waals surface area contributed by atoms with E-state index in [0.717, 1.165) is 109 Å². The van der Waals surface area contributed by atoms with Crippen LogP contribution in [0.15, 0.2) is 85.1 Å². The number of hydrogen-bond acceptors (Lipinski definition) is 6. The molecule has 0 fully saturated rings. The molecule has 0 saturated heterocycles. The predicted octanol–water partition coefficient (Wildman–Crippen LogP) is 10.9. The van der Waals surface area contributed by atoms with Crippen LogP contribution in [-0.2, 0) is 23.9 Å². The minimum Gasteiger partial charge on any atom is -0.480 e. The van der Waals surface area contributed by atoms with Gasteiger partial charge < -0.3 is 25.6 Å². The molecule has 0 aromatic heterocycles. The summed E-state index contributed by atoms with van der Waals surface area (Å²) in [6.07, 6.45) is 53.4. The lowest BCUT2D eigenvalue weighted by atomic mass is 10.1. The van der Waals surface area contributed by atoms with Gasteiger partial charge in [-0.3, -0.25) is 14.4 Å². The van der Waals surface area contributed by atoms with Crippen LogP contribution in [0.3, 0.4) is 0 Å². The number of unbranched alkanes of at least 4 members (excludes halogenated alkanes) is 12. The van der Waals surface area contributed by atoms with Gasteiger partial charge in [0.25, 0.3) is 0 Å². The average molecular weight is 795 g/mol. The summed E-state index contributed by atoms with van der Waals surface area (Å²) in [5, 5.41) is 22.5. The number of nitrogens with one attached hydrogen (secondary N) is 2. The molecule has 0 aliphatic carbocycles. The number of hydrogen-bond donors (Lipinski definition) is 4. The zero-order valence-electron chi connectivity index (χ0n) is 35.6. The molecule has 322 valence electrons. The number of carbonyl (C=O) groups excluding carboxylic acids is 3.